The molecule has 23 heavy (non-hydrogen) atoms. The Bertz CT molecular complexity index is 844. The Labute approximate surface area is 136 Å². The fourth-order valence-corrected chi connectivity index (χ4v) is 2.49. The Hall–Kier alpha value is -3.18. The molecule has 0 saturated heterocycles. The number of aromatic nitrogens is 1. The van der Waals surface area contributed by atoms with E-state index in [-0.39, 0.29) is 0 Å². The minimum atomic E-state index is 0.666. The van der Waals surface area contributed by atoms with Crippen molar-refractivity contribution in [1.29, 1.82) is 5.26 Å². The van der Waals surface area contributed by atoms with E-state index in [0.29, 0.717) is 5.57 Å². The molecule has 1 aromatic heterocycles. The molecule has 0 aliphatic heterocycles. The van der Waals surface area contributed by atoms with Crippen LogP contribution in [0, 0.1) is 11.3 Å². The lowest BCUT2D eigenvalue weighted by Gasteiger charge is -2.07. The Morgan fingerprint density at radius 1 is 0.913 bits per heavy atom. The SMILES string of the molecule is N#CC(=Cc1ccccc1Cc1ccccn1)c1ccccc1. The summed E-state index contributed by atoms with van der Waals surface area (Å²) in [5.74, 6) is 0. The van der Waals surface area contributed by atoms with Crippen LogP contribution in [0.5, 0.6) is 0 Å². The highest BCUT2D eigenvalue weighted by Gasteiger charge is 2.05. The first kappa shape index (κ1) is 14.7. The van der Waals surface area contributed by atoms with Crippen molar-refractivity contribution in [2.45, 2.75) is 6.42 Å². The lowest BCUT2D eigenvalue weighted by atomic mass is 9.98. The number of nitrogens with zero attached hydrogens (tertiary/aromatic N) is 2. The molecule has 2 heteroatoms. The minimum Gasteiger partial charge on any atom is -0.261 e. The fourth-order valence-electron chi connectivity index (χ4n) is 2.49. The van der Waals surface area contributed by atoms with Crippen LogP contribution >= 0.6 is 0 Å². The van der Waals surface area contributed by atoms with Crippen LogP contribution in [-0.2, 0) is 6.42 Å². The van der Waals surface area contributed by atoms with E-state index in [1.807, 2.05) is 72.8 Å². The number of allylic oxidation sites excluding steroid dienone is 1. The second kappa shape index (κ2) is 7.20. The summed E-state index contributed by atoms with van der Waals surface area (Å²) in [7, 11) is 0. The molecule has 0 fully saturated rings. The molecule has 0 N–H and O–H groups in total. The van der Waals surface area contributed by atoms with Crippen LogP contribution in [0.4, 0.5) is 0 Å². The summed E-state index contributed by atoms with van der Waals surface area (Å²) < 4.78 is 0. The molecule has 2 nitrogen and oxygen atoms in total. The number of rotatable bonds is 4. The van der Waals surface area contributed by atoms with Crippen LogP contribution in [0.3, 0.4) is 0 Å². The first-order valence-electron chi connectivity index (χ1n) is 7.52. The van der Waals surface area contributed by atoms with E-state index in [1.165, 1.54) is 0 Å². The minimum absolute atomic E-state index is 0.666. The number of pyridine rings is 1. The number of benzene rings is 2. The van der Waals surface area contributed by atoms with E-state index in [2.05, 4.69) is 17.1 Å². The van der Waals surface area contributed by atoms with Gasteiger partial charge in [-0.2, -0.15) is 5.26 Å². The zero-order valence-electron chi connectivity index (χ0n) is 12.7. The van der Waals surface area contributed by atoms with Crippen molar-refractivity contribution in [3.8, 4) is 6.07 Å². The molecule has 0 aliphatic carbocycles. The quantitative estimate of drug-likeness (QED) is 0.515. The van der Waals surface area contributed by atoms with Gasteiger partial charge < -0.3 is 0 Å². The summed E-state index contributed by atoms with van der Waals surface area (Å²) >= 11 is 0. The van der Waals surface area contributed by atoms with Crippen molar-refractivity contribution in [3.05, 3.63) is 101 Å². The van der Waals surface area contributed by atoms with Crippen LogP contribution in [0.2, 0.25) is 0 Å². The predicted octanol–water partition coefficient (Wildman–Crippen LogP) is 4.74. The molecule has 110 valence electrons. The van der Waals surface area contributed by atoms with Gasteiger partial charge in [0, 0.05) is 18.3 Å². The topological polar surface area (TPSA) is 36.7 Å². The molecule has 0 spiro atoms. The van der Waals surface area contributed by atoms with Gasteiger partial charge in [0.1, 0.15) is 0 Å². The van der Waals surface area contributed by atoms with Gasteiger partial charge in [0.05, 0.1) is 11.6 Å². The highest BCUT2D eigenvalue weighted by atomic mass is 14.7. The summed E-state index contributed by atoms with van der Waals surface area (Å²) in [6, 6.07) is 26.1. The van der Waals surface area contributed by atoms with Crippen molar-refractivity contribution >= 4 is 11.6 Å². The van der Waals surface area contributed by atoms with E-state index in [1.54, 1.807) is 6.20 Å². The largest absolute Gasteiger partial charge is 0.261 e. The zero-order valence-corrected chi connectivity index (χ0v) is 12.7. The van der Waals surface area contributed by atoms with Crippen LogP contribution in [0.25, 0.3) is 11.6 Å². The van der Waals surface area contributed by atoms with Crippen LogP contribution in [0.1, 0.15) is 22.4 Å². The molecular formula is C21H16N2. The lowest BCUT2D eigenvalue weighted by Crippen LogP contribution is -1.94. The summed E-state index contributed by atoms with van der Waals surface area (Å²) in [6.45, 7) is 0. The molecule has 0 saturated carbocycles. The van der Waals surface area contributed by atoms with E-state index >= 15 is 0 Å². The first-order chi connectivity index (χ1) is 11.4. The number of nitriles is 1. The Morgan fingerprint density at radius 2 is 1.65 bits per heavy atom. The Balaban J connectivity index is 1.97. The number of hydrogen-bond donors (Lipinski definition) is 0. The second-order valence-corrected chi connectivity index (χ2v) is 5.23. The van der Waals surface area contributed by atoms with E-state index in [4.69, 9.17) is 0 Å². The molecule has 2 aromatic carbocycles. The normalized spacial score (nSPS) is 11.0. The molecule has 0 radical (unpaired) electrons. The average Bonchev–Trinajstić information content (AvgIpc) is 2.62. The van der Waals surface area contributed by atoms with Gasteiger partial charge in [-0.15, -0.1) is 0 Å². The van der Waals surface area contributed by atoms with Gasteiger partial charge in [-0.3, -0.25) is 4.98 Å². The first-order valence-corrected chi connectivity index (χ1v) is 7.52. The highest BCUT2D eigenvalue weighted by Crippen LogP contribution is 2.21. The molecule has 0 unspecified atom stereocenters. The zero-order chi connectivity index (χ0) is 15.9. The number of hydrogen-bond acceptors (Lipinski definition) is 2. The average molecular weight is 296 g/mol. The summed E-state index contributed by atoms with van der Waals surface area (Å²) in [5.41, 5.74) is 4.83. The van der Waals surface area contributed by atoms with Crippen molar-refractivity contribution in [2.75, 3.05) is 0 Å². The van der Waals surface area contributed by atoms with Crippen molar-refractivity contribution < 1.29 is 0 Å². The molecule has 3 rings (SSSR count). The van der Waals surface area contributed by atoms with Gasteiger partial charge in [-0.25, -0.2) is 0 Å². The molecule has 0 aliphatic rings. The Morgan fingerprint density at radius 3 is 2.39 bits per heavy atom. The van der Waals surface area contributed by atoms with E-state index in [9.17, 15) is 5.26 Å². The van der Waals surface area contributed by atoms with Crippen LogP contribution in [0.15, 0.2) is 79.0 Å². The van der Waals surface area contributed by atoms with Crippen molar-refractivity contribution in [1.82, 2.24) is 4.98 Å². The van der Waals surface area contributed by atoms with Crippen molar-refractivity contribution in [3.63, 3.8) is 0 Å². The monoisotopic (exact) mass is 296 g/mol. The molecule has 3 aromatic rings. The summed E-state index contributed by atoms with van der Waals surface area (Å²) in [6.07, 6.45) is 4.51. The summed E-state index contributed by atoms with van der Waals surface area (Å²) in [5, 5.41) is 9.49. The van der Waals surface area contributed by atoms with Crippen molar-refractivity contribution in [2.24, 2.45) is 0 Å². The van der Waals surface area contributed by atoms with Crippen LogP contribution in [-0.4, -0.2) is 4.98 Å². The lowest BCUT2D eigenvalue weighted by molar-refractivity contribution is 1.07. The smallest absolute Gasteiger partial charge is 0.0998 e. The maximum absolute atomic E-state index is 9.49. The van der Waals surface area contributed by atoms with Crippen LogP contribution < -0.4 is 0 Å². The maximum atomic E-state index is 9.49. The van der Waals surface area contributed by atoms with Gasteiger partial charge in [0.2, 0.25) is 0 Å². The fraction of sp³-hybridized carbons (Fsp3) is 0.0476. The molecular weight excluding hydrogens is 280 g/mol. The Kier molecular flexibility index (Phi) is 4.61. The van der Waals surface area contributed by atoms with Gasteiger partial charge in [-0.1, -0.05) is 60.7 Å². The third-order valence-electron chi connectivity index (χ3n) is 3.66. The van der Waals surface area contributed by atoms with E-state index < -0.39 is 0 Å². The maximum Gasteiger partial charge on any atom is 0.0998 e. The third kappa shape index (κ3) is 3.72. The highest BCUT2D eigenvalue weighted by molar-refractivity contribution is 5.90. The molecule has 0 amide bonds. The summed E-state index contributed by atoms with van der Waals surface area (Å²) in [4.78, 5) is 4.39. The second-order valence-electron chi connectivity index (χ2n) is 5.23. The molecule has 0 atom stereocenters. The van der Waals surface area contributed by atoms with Gasteiger partial charge in [0.25, 0.3) is 0 Å². The predicted molar refractivity (Wildman–Crippen MR) is 93.4 cm³/mol. The van der Waals surface area contributed by atoms with Gasteiger partial charge in [-0.05, 0) is 34.9 Å². The molecule has 0 bridgehead atoms. The standard InChI is InChI=1S/C21H16N2/c22-16-20(17-8-2-1-3-9-17)14-18-10-4-5-11-19(18)15-21-12-6-7-13-23-21/h1-14H,15H2. The van der Waals surface area contributed by atoms with E-state index in [0.717, 1.165) is 28.8 Å². The van der Waals surface area contributed by atoms with Gasteiger partial charge in [0.15, 0.2) is 0 Å². The molecule has 1 heterocycles. The van der Waals surface area contributed by atoms with Gasteiger partial charge >= 0.3 is 0 Å². The third-order valence-corrected chi connectivity index (χ3v) is 3.66.